The van der Waals surface area contributed by atoms with E-state index in [1.165, 1.54) is 72.8 Å². The molecule has 0 saturated carbocycles. The van der Waals surface area contributed by atoms with Crippen molar-refractivity contribution in [3.63, 3.8) is 0 Å². The summed E-state index contributed by atoms with van der Waals surface area (Å²) in [5.41, 5.74) is 2.66. The molecule has 0 saturated heterocycles. The van der Waals surface area contributed by atoms with Gasteiger partial charge in [-0.05, 0) is 159 Å². The molecule has 2 heterocycles. The molecular formula is C86H84O22. The van der Waals surface area contributed by atoms with Crippen LogP contribution < -0.4 is 10.9 Å². The molecule has 2 aromatic heterocycles. The minimum atomic E-state index is -1.24. The van der Waals surface area contributed by atoms with Gasteiger partial charge in [0, 0.05) is 106 Å². The lowest BCUT2D eigenvalue weighted by molar-refractivity contribution is 0.0868. The van der Waals surface area contributed by atoms with Crippen LogP contribution >= 0.6 is 0 Å². The Labute approximate surface area is 619 Å². The normalized spacial score (nSPS) is 16.8. The molecule has 2 aliphatic rings. The smallest absolute Gasteiger partial charge is 0.200 e. The van der Waals surface area contributed by atoms with Crippen molar-refractivity contribution in [2.24, 2.45) is 11.8 Å². The van der Waals surface area contributed by atoms with Gasteiger partial charge in [-0.15, -0.1) is 0 Å². The Morgan fingerprint density at radius 3 is 1.10 bits per heavy atom. The molecule has 22 heteroatoms. The molecule has 2 aliphatic carbocycles. The number of Topliss-reactive ketones (excluding diaryl/α,β-unsaturated/α-hetero) is 2. The summed E-state index contributed by atoms with van der Waals surface area (Å²) in [6, 6.07) is 23.5. The molecule has 0 amide bonds. The maximum absolute atomic E-state index is 15.1. The van der Waals surface area contributed by atoms with Crippen LogP contribution in [0.3, 0.4) is 0 Å². The number of phenolic OH excluding ortho intramolecular Hbond substituents is 16. The molecule has 0 fully saturated rings. The summed E-state index contributed by atoms with van der Waals surface area (Å²) in [6.07, 6.45) is 9.37. The number of carbonyl (C=O) groups is 2. The quantitative estimate of drug-likeness (QED) is 0.0315. The van der Waals surface area contributed by atoms with E-state index in [1.54, 1.807) is 44.2 Å². The summed E-state index contributed by atoms with van der Waals surface area (Å²) in [5.74, 6) is -13.9. The molecule has 108 heavy (non-hydrogen) atoms. The van der Waals surface area contributed by atoms with Crippen molar-refractivity contribution < 1.29 is 100 Å². The molecule has 0 radical (unpaired) electrons. The van der Waals surface area contributed by atoms with Gasteiger partial charge in [0.1, 0.15) is 125 Å². The molecule has 0 aliphatic heterocycles. The van der Waals surface area contributed by atoms with Crippen LogP contribution in [0, 0.1) is 11.8 Å². The van der Waals surface area contributed by atoms with E-state index in [1.807, 2.05) is 41.5 Å². The summed E-state index contributed by atoms with van der Waals surface area (Å²) in [7, 11) is 0. The minimum Gasteiger partial charge on any atom is -0.508 e. The van der Waals surface area contributed by atoms with Gasteiger partial charge in [0.25, 0.3) is 0 Å². The fraction of sp³-hybridized carbons (Fsp3) is 0.233. The number of phenols is 16. The lowest BCUT2D eigenvalue weighted by Crippen LogP contribution is -2.32. The van der Waals surface area contributed by atoms with Crippen molar-refractivity contribution in [2.45, 2.75) is 119 Å². The standard InChI is InChI=1S/C45H44O11.C40H36O11.CH4/c1-21(2)6-10-27-33(48)15-14-29(41(27)53)42(54)38-31(26-12-8-24(46)18-34(26)49)16-23(5)17-32(38)39-36(51)20-37(52)40-43(55)30(11-7-22(3)4)44(56-45(39)40)28-13-9-25(47)19-35(28)50;1-18(2)4-8-26-38(50)36-33(48)17-32(47)35(40(36)51-39(26)25-11-7-22(43)16-31(25)46)28-13-19(3)12-27(23-9-5-20(41)14-29(23)44)34(28)37(49)24-10-6-21(42)15-30(24)45;/h6-9,12-15,17-20,31-32,38,46-53H,10-11,16H2,1-5H3;4-7,9-11,13-17,27-28,34,41-48H,8,12H2,1-3H3;1H4. The summed E-state index contributed by atoms with van der Waals surface area (Å²) < 4.78 is 13.0. The minimum absolute atomic E-state index is 0. The van der Waals surface area contributed by atoms with Crippen LogP contribution in [0.25, 0.3) is 44.6 Å². The van der Waals surface area contributed by atoms with E-state index in [-0.39, 0.29) is 180 Å². The first-order valence-electron chi connectivity index (χ1n) is 34.2. The number of rotatable bonds is 16. The largest absolute Gasteiger partial charge is 0.508 e. The second-order valence-electron chi connectivity index (χ2n) is 28.0. The first kappa shape index (κ1) is 77.6. The highest BCUT2D eigenvalue weighted by Gasteiger charge is 2.46. The van der Waals surface area contributed by atoms with Gasteiger partial charge in [0.05, 0.1) is 22.3 Å². The fourth-order valence-electron chi connectivity index (χ4n) is 14.6. The van der Waals surface area contributed by atoms with Crippen LogP contribution in [-0.4, -0.2) is 93.3 Å². The molecule has 22 nitrogen and oxygen atoms in total. The van der Waals surface area contributed by atoms with Crippen LogP contribution in [0.15, 0.2) is 192 Å². The van der Waals surface area contributed by atoms with Crippen molar-refractivity contribution >= 4 is 33.5 Å². The summed E-state index contributed by atoms with van der Waals surface area (Å²) in [5, 5.41) is 173. The van der Waals surface area contributed by atoms with Crippen LogP contribution in [0.2, 0.25) is 0 Å². The predicted molar refractivity (Wildman–Crippen MR) is 408 cm³/mol. The van der Waals surface area contributed by atoms with Gasteiger partial charge in [-0.1, -0.05) is 77.8 Å². The topological polar surface area (TPSA) is 418 Å². The van der Waals surface area contributed by atoms with Gasteiger partial charge in [-0.25, -0.2) is 0 Å². The van der Waals surface area contributed by atoms with Gasteiger partial charge in [0.15, 0.2) is 11.6 Å². The highest BCUT2D eigenvalue weighted by atomic mass is 16.4. The van der Waals surface area contributed by atoms with Crippen LogP contribution in [0.5, 0.6) is 92.0 Å². The van der Waals surface area contributed by atoms with E-state index in [4.69, 9.17) is 8.83 Å². The highest BCUT2D eigenvalue weighted by Crippen LogP contribution is 2.57. The van der Waals surface area contributed by atoms with Crippen molar-refractivity contribution in [3.05, 3.63) is 244 Å². The summed E-state index contributed by atoms with van der Waals surface area (Å²) in [4.78, 5) is 58.6. The zero-order valence-corrected chi connectivity index (χ0v) is 59.5. The Morgan fingerprint density at radius 2 is 0.731 bits per heavy atom. The molecule has 10 aromatic rings. The van der Waals surface area contributed by atoms with Gasteiger partial charge >= 0.3 is 0 Å². The number of ketones is 2. The van der Waals surface area contributed by atoms with Crippen LogP contribution in [0.4, 0.5) is 0 Å². The maximum Gasteiger partial charge on any atom is 0.200 e. The van der Waals surface area contributed by atoms with E-state index in [0.29, 0.717) is 0 Å². The van der Waals surface area contributed by atoms with Crippen LogP contribution in [0.1, 0.15) is 159 Å². The van der Waals surface area contributed by atoms with Gasteiger partial charge in [0.2, 0.25) is 10.9 Å². The molecule has 8 aromatic carbocycles. The molecule has 560 valence electrons. The van der Waals surface area contributed by atoms with Gasteiger partial charge in [-0.3, -0.25) is 19.2 Å². The number of fused-ring (bicyclic) bond motifs is 2. The summed E-state index contributed by atoms with van der Waals surface area (Å²) >= 11 is 0. The molecule has 0 bridgehead atoms. The van der Waals surface area contributed by atoms with Crippen molar-refractivity contribution in [1.82, 2.24) is 0 Å². The Balaban J connectivity index is 0.000000229. The third kappa shape index (κ3) is 15.1. The Morgan fingerprint density at radius 1 is 0.389 bits per heavy atom. The maximum atomic E-state index is 15.1. The molecule has 16 N–H and O–H groups in total. The first-order valence-corrected chi connectivity index (χ1v) is 34.2. The van der Waals surface area contributed by atoms with E-state index < -0.39 is 104 Å². The zero-order chi connectivity index (χ0) is 77.6. The zero-order valence-electron chi connectivity index (χ0n) is 59.5. The molecule has 6 unspecified atom stereocenters. The second-order valence-corrected chi connectivity index (χ2v) is 28.0. The number of hydrogen-bond acceptors (Lipinski definition) is 22. The molecular weight excluding hydrogens is 1380 g/mol. The SMILES string of the molecule is C.CC(C)=CCc1c(-c2ccc(O)cc2O)oc2c(C3C=C(C)CC(c4ccc(O)cc4O)C3C(=O)c3ccc(O)cc3O)c(O)cc(O)c2c1=O.CC(C)=CCc1c(O)ccc(C(=O)C2C(c3c(O)cc(O)c4c(=O)c(CC=C(C)C)c(-c5ccc(O)cc5O)oc34)C=C(C)CC2c2ccc(O)cc2O)c1O. The van der Waals surface area contributed by atoms with Gasteiger partial charge < -0.3 is 90.5 Å². The molecule has 6 atom stereocenters. The average Bonchev–Trinajstić information content (AvgIpc) is 0.731. The summed E-state index contributed by atoms with van der Waals surface area (Å²) in [6.45, 7) is 14.6. The average molecular weight is 1470 g/mol. The van der Waals surface area contributed by atoms with E-state index in [0.717, 1.165) is 70.3 Å². The first-order chi connectivity index (χ1) is 50.6. The number of aromatic hydroxyl groups is 16. The van der Waals surface area contributed by atoms with E-state index >= 15 is 4.79 Å². The Bertz CT molecular complexity index is 5570. The van der Waals surface area contributed by atoms with Gasteiger partial charge in [-0.2, -0.15) is 0 Å². The number of carbonyl (C=O) groups excluding carboxylic acids is 2. The molecule has 0 spiro atoms. The lowest BCUT2D eigenvalue weighted by atomic mass is 9.65. The third-order valence-electron chi connectivity index (χ3n) is 19.6. The second kappa shape index (κ2) is 31.0. The number of allylic oxidation sites excluding steroid dienone is 10. The lowest BCUT2D eigenvalue weighted by Gasteiger charge is -2.37. The van der Waals surface area contributed by atoms with E-state index in [2.05, 4.69) is 0 Å². The molecule has 12 rings (SSSR count). The Kier molecular flexibility index (Phi) is 22.3. The Hall–Kier alpha value is -13.0. The fourth-order valence-corrected chi connectivity index (χ4v) is 14.6. The van der Waals surface area contributed by atoms with Crippen molar-refractivity contribution in [1.29, 1.82) is 0 Å². The monoisotopic (exact) mass is 1470 g/mol. The van der Waals surface area contributed by atoms with Crippen molar-refractivity contribution in [3.8, 4) is 115 Å². The van der Waals surface area contributed by atoms with E-state index in [9.17, 15) is 96.1 Å². The van der Waals surface area contributed by atoms with Crippen molar-refractivity contribution in [2.75, 3.05) is 0 Å². The third-order valence-corrected chi connectivity index (χ3v) is 19.6. The number of benzene rings is 8. The highest BCUT2D eigenvalue weighted by molar-refractivity contribution is 6.04. The number of hydrogen-bond donors (Lipinski definition) is 16. The van der Waals surface area contributed by atoms with Crippen LogP contribution in [-0.2, 0) is 19.3 Å². The predicted octanol–water partition coefficient (Wildman–Crippen LogP) is 16.8.